The van der Waals surface area contributed by atoms with Gasteiger partial charge in [-0.05, 0) is 39.7 Å². The number of hydrogen-bond acceptors (Lipinski definition) is 4. The van der Waals surface area contributed by atoms with Crippen molar-refractivity contribution in [2.45, 2.75) is 52.4 Å². The van der Waals surface area contributed by atoms with Gasteiger partial charge >= 0.3 is 0 Å². The summed E-state index contributed by atoms with van der Waals surface area (Å²) in [6.45, 7) is 8.30. The Morgan fingerprint density at radius 3 is 2.48 bits per heavy atom. The van der Waals surface area contributed by atoms with E-state index in [0.29, 0.717) is 6.61 Å². The Morgan fingerprint density at radius 1 is 1.24 bits per heavy atom. The molecule has 0 aliphatic heterocycles. The second-order valence-corrected chi connectivity index (χ2v) is 6.76. The van der Waals surface area contributed by atoms with E-state index >= 15 is 0 Å². The van der Waals surface area contributed by atoms with Crippen molar-refractivity contribution < 1.29 is 19.0 Å². The van der Waals surface area contributed by atoms with E-state index in [4.69, 9.17) is 25.8 Å². The van der Waals surface area contributed by atoms with Crippen molar-refractivity contribution >= 4 is 17.4 Å². The topological polar surface area (TPSA) is 44.8 Å². The van der Waals surface area contributed by atoms with Crippen LogP contribution in [0.1, 0.15) is 40.5 Å². The maximum atomic E-state index is 11.3. The van der Waals surface area contributed by atoms with Crippen molar-refractivity contribution in [2.24, 2.45) is 5.92 Å². The summed E-state index contributed by atoms with van der Waals surface area (Å²) in [4.78, 5) is 11.3. The average molecular weight is 373 g/mol. The van der Waals surface area contributed by atoms with Gasteiger partial charge in [0, 0.05) is 20.1 Å². The first-order valence-corrected chi connectivity index (χ1v) is 9.10. The normalized spacial score (nSPS) is 15.9. The zero-order chi connectivity index (χ0) is 19.3. The van der Waals surface area contributed by atoms with Gasteiger partial charge in [-0.1, -0.05) is 36.8 Å². The number of alkyl halides is 1. The van der Waals surface area contributed by atoms with Gasteiger partial charge in [-0.3, -0.25) is 4.79 Å². The highest BCUT2D eigenvalue weighted by Crippen LogP contribution is 2.17. The monoisotopic (exact) mass is 372 g/mol. The summed E-state index contributed by atoms with van der Waals surface area (Å²) < 4.78 is 16.3. The molecule has 25 heavy (non-hydrogen) atoms. The number of halogens is 1. The molecule has 0 fully saturated rings. The number of allylic oxidation sites excluding steroid dienone is 4. The molecular weight excluding hydrogens is 340 g/mol. The van der Waals surface area contributed by atoms with Crippen molar-refractivity contribution in [3.8, 4) is 0 Å². The molecule has 0 saturated carbocycles. The third kappa shape index (κ3) is 12.1. The van der Waals surface area contributed by atoms with Gasteiger partial charge < -0.3 is 14.2 Å². The molecule has 0 heterocycles. The maximum Gasteiger partial charge on any atom is 0.170 e. The predicted octanol–water partition coefficient (Wildman–Crippen LogP) is 4.68. The lowest BCUT2D eigenvalue weighted by molar-refractivity contribution is -0.189. The zero-order valence-electron chi connectivity index (χ0n) is 16.4. The van der Waals surface area contributed by atoms with Gasteiger partial charge in [-0.15, -0.1) is 11.6 Å². The van der Waals surface area contributed by atoms with E-state index in [9.17, 15) is 4.79 Å². The van der Waals surface area contributed by atoms with Crippen LogP contribution in [0.5, 0.6) is 0 Å². The van der Waals surface area contributed by atoms with E-state index < -0.39 is 5.79 Å². The molecule has 0 aromatic carbocycles. The number of ether oxygens (including phenoxy) is 3. The van der Waals surface area contributed by atoms with Crippen molar-refractivity contribution in [1.29, 1.82) is 0 Å². The SMILES string of the molecule is CO[C@@H](CC/C(C)=C\C(=O)CCl)[C@@H](C)/C=C/C=C/COC(C)(C)OC. The molecular formula is C20H33ClO4. The van der Waals surface area contributed by atoms with Crippen LogP contribution in [0.3, 0.4) is 0 Å². The molecule has 0 bridgehead atoms. The van der Waals surface area contributed by atoms with E-state index in [1.165, 1.54) is 0 Å². The molecule has 0 spiro atoms. The van der Waals surface area contributed by atoms with Gasteiger partial charge in [-0.2, -0.15) is 0 Å². The number of hydrogen-bond donors (Lipinski definition) is 0. The van der Waals surface area contributed by atoms with E-state index in [0.717, 1.165) is 18.4 Å². The minimum absolute atomic E-state index is 0.0296. The van der Waals surface area contributed by atoms with Crippen LogP contribution in [0, 0.1) is 5.92 Å². The molecule has 0 aromatic heterocycles. The lowest BCUT2D eigenvalue weighted by Gasteiger charge is -2.22. The lowest BCUT2D eigenvalue weighted by atomic mass is 9.97. The molecule has 0 radical (unpaired) electrons. The van der Waals surface area contributed by atoms with Gasteiger partial charge in [0.1, 0.15) is 0 Å². The van der Waals surface area contributed by atoms with Gasteiger partial charge in [0.05, 0.1) is 18.6 Å². The Labute approximate surface area is 157 Å². The molecule has 2 atom stereocenters. The fourth-order valence-electron chi connectivity index (χ4n) is 2.16. The summed E-state index contributed by atoms with van der Waals surface area (Å²) >= 11 is 5.51. The molecule has 0 amide bonds. The summed E-state index contributed by atoms with van der Waals surface area (Å²) in [6, 6.07) is 0. The summed E-state index contributed by atoms with van der Waals surface area (Å²) in [5, 5.41) is 0. The van der Waals surface area contributed by atoms with Crippen molar-refractivity contribution in [3.05, 3.63) is 36.0 Å². The molecule has 4 nitrogen and oxygen atoms in total. The minimum atomic E-state index is -0.571. The van der Waals surface area contributed by atoms with Crippen molar-refractivity contribution in [1.82, 2.24) is 0 Å². The molecule has 144 valence electrons. The van der Waals surface area contributed by atoms with Crippen molar-refractivity contribution in [2.75, 3.05) is 26.7 Å². The van der Waals surface area contributed by atoms with E-state index in [2.05, 4.69) is 13.0 Å². The Kier molecular flexibility index (Phi) is 12.8. The zero-order valence-corrected chi connectivity index (χ0v) is 17.1. The van der Waals surface area contributed by atoms with Crippen molar-refractivity contribution in [3.63, 3.8) is 0 Å². The molecule has 0 rings (SSSR count). The van der Waals surface area contributed by atoms with E-state index in [1.807, 2.05) is 39.0 Å². The quantitative estimate of drug-likeness (QED) is 0.204. The Balaban J connectivity index is 4.33. The molecule has 0 aliphatic rings. The number of rotatable bonds is 13. The number of ketones is 1. The van der Waals surface area contributed by atoms with Crippen LogP contribution in [0.25, 0.3) is 0 Å². The lowest BCUT2D eigenvalue weighted by Crippen LogP contribution is -2.26. The Hall–Kier alpha value is -0.940. The van der Waals surface area contributed by atoms with Crippen LogP contribution in [-0.4, -0.2) is 44.4 Å². The number of carbonyl (C=O) groups is 1. The second-order valence-electron chi connectivity index (χ2n) is 6.49. The van der Waals surface area contributed by atoms with Crippen LogP contribution < -0.4 is 0 Å². The highest BCUT2D eigenvalue weighted by molar-refractivity contribution is 6.29. The Morgan fingerprint density at radius 2 is 1.92 bits per heavy atom. The smallest absolute Gasteiger partial charge is 0.170 e. The van der Waals surface area contributed by atoms with E-state index in [-0.39, 0.29) is 23.7 Å². The predicted molar refractivity (Wildman–Crippen MR) is 104 cm³/mol. The fourth-order valence-corrected chi connectivity index (χ4v) is 2.23. The first-order valence-electron chi connectivity index (χ1n) is 8.57. The Bertz CT molecular complexity index is 466. The van der Waals surface area contributed by atoms with Crippen LogP contribution in [0.4, 0.5) is 0 Å². The average Bonchev–Trinajstić information content (AvgIpc) is 2.58. The van der Waals surface area contributed by atoms with Crippen LogP contribution in [0.15, 0.2) is 36.0 Å². The molecule has 0 unspecified atom stereocenters. The van der Waals surface area contributed by atoms with Gasteiger partial charge in [0.2, 0.25) is 0 Å². The minimum Gasteiger partial charge on any atom is -0.381 e. The first kappa shape index (κ1) is 24.1. The largest absolute Gasteiger partial charge is 0.381 e. The van der Waals surface area contributed by atoms with Crippen LogP contribution in [-0.2, 0) is 19.0 Å². The molecule has 0 saturated heterocycles. The van der Waals surface area contributed by atoms with Gasteiger partial charge in [0.15, 0.2) is 11.6 Å². The fraction of sp³-hybridized carbons (Fsp3) is 0.650. The summed E-state index contributed by atoms with van der Waals surface area (Å²) in [6.07, 6.45) is 11.4. The van der Waals surface area contributed by atoms with Crippen LogP contribution in [0.2, 0.25) is 0 Å². The third-order valence-electron chi connectivity index (χ3n) is 3.93. The van der Waals surface area contributed by atoms with Gasteiger partial charge in [-0.25, -0.2) is 0 Å². The summed E-state index contributed by atoms with van der Waals surface area (Å²) in [5.41, 5.74) is 1.03. The maximum absolute atomic E-state index is 11.3. The van der Waals surface area contributed by atoms with Crippen LogP contribution >= 0.6 is 11.6 Å². The number of methoxy groups -OCH3 is 2. The van der Waals surface area contributed by atoms with E-state index in [1.54, 1.807) is 20.3 Å². The second kappa shape index (κ2) is 13.3. The highest BCUT2D eigenvalue weighted by atomic mass is 35.5. The van der Waals surface area contributed by atoms with Gasteiger partial charge in [0.25, 0.3) is 0 Å². The third-order valence-corrected chi connectivity index (χ3v) is 4.20. The molecule has 0 aromatic rings. The molecule has 0 aliphatic carbocycles. The number of carbonyl (C=O) groups excluding carboxylic acids is 1. The molecule has 0 N–H and O–H groups in total. The summed E-state index contributed by atoms with van der Waals surface area (Å²) in [7, 11) is 3.34. The summed E-state index contributed by atoms with van der Waals surface area (Å²) in [5.74, 6) is -0.326. The highest BCUT2D eigenvalue weighted by Gasteiger charge is 2.15. The molecule has 5 heteroatoms. The first-order chi connectivity index (χ1) is 11.8. The standard InChI is InChI=1S/C20H33ClO4/c1-16(14-18(22)15-21)11-12-19(23-5)17(2)10-8-7-9-13-25-20(3,4)24-6/h7-10,14,17,19H,11-13,15H2,1-6H3/b9-7+,10-8+,16-14-/t17-,19-/m0/s1.